The smallest absolute Gasteiger partial charge is 0.259 e. The van der Waals surface area contributed by atoms with Crippen LogP contribution in [0.15, 0.2) is 83.9 Å². The molecule has 2 N–H and O–H groups in total. The summed E-state index contributed by atoms with van der Waals surface area (Å²) >= 11 is 6.02. The highest BCUT2D eigenvalue weighted by Gasteiger charge is 2.33. The Morgan fingerprint density at radius 2 is 1.74 bits per heavy atom. The largest absolute Gasteiger partial charge is 0.355 e. The summed E-state index contributed by atoms with van der Waals surface area (Å²) < 4.78 is 27.6. The van der Waals surface area contributed by atoms with Gasteiger partial charge < -0.3 is 14.8 Å². The van der Waals surface area contributed by atoms with Crippen molar-refractivity contribution in [2.24, 2.45) is 0 Å². The molecule has 1 saturated heterocycles. The first kappa shape index (κ1) is 26.0. The summed E-state index contributed by atoms with van der Waals surface area (Å²) in [6, 6.07) is 24.2. The van der Waals surface area contributed by atoms with Crippen LogP contribution in [0, 0.1) is 5.41 Å². The molecule has 38 heavy (non-hydrogen) atoms. The number of piperazine rings is 1. The van der Waals surface area contributed by atoms with Crippen molar-refractivity contribution in [3.05, 3.63) is 101 Å². The van der Waals surface area contributed by atoms with Gasteiger partial charge >= 0.3 is 0 Å². The standard InChI is InChI=1S/C28H28ClN5O3S/c1-32(17-20-5-3-2-4-6-20)28(30)22-9-7-21(8-10-22)18-33-13-14-34(19-27(33)35)38(36,37)26-16-23-15-24(29)11-12-25(23)31-26/h2-12,15-16,30-31H,13-14,17-19H2,1H3. The number of amidine groups is 1. The average molecular weight is 550 g/mol. The van der Waals surface area contributed by atoms with Crippen molar-refractivity contribution in [2.45, 2.75) is 18.1 Å². The van der Waals surface area contributed by atoms with Gasteiger partial charge in [-0.2, -0.15) is 4.31 Å². The number of sulfonamides is 1. The first-order valence-corrected chi connectivity index (χ1v) is 14.0. The van der Waals surface area contributed by atoms with Crippen molar-refractivity contribution >= 4 is 44.3 Å². The molecular formula is C28H28ClN5O3S. The molecule has 3 aromatic carbocycles. The van der Waals surface area contributed by atoms with Crippen molar-refractivity contribution in [3.8, 4) is 0 Å². The summed E-state index contributed by atoms with van der Waals surface area (Å²) in [5, 5.41) is 9.79. The summed E-state index contributed by atoms with van der Waals surface area (Å²) in [6.07, 6.45) is 0. The fourth-order valence-electron chi connectivity index (χ4n) is 4.56. The van der Waals surface area contributed by atoms with Crippen molar-refractivity contribution in [2.75, 3.05) is 26.7 Å². The van der Waals surface area contributed by atoms with E-state index in [0.717, 1.165) is 16.7 Å². The van der Waals surface area contributed by atoms with Crippen LogP contribution >= 0.6 is 11.6 Å². The number of benzene rings is 3. The maximum atomic E-state index is 13.2. The molecular weight excluding hydrogens is 522 g/mol. The Bertz CT molecular complexity index is 1590. The molecule has 5 rings (SSSR count). The van der Waals surface area contributed by atoms with E-state index in [1.54, 1.807) is 29.2 Å². The highest BCUT2D eigenvalue weighted by atomic mass is 35.5. The van der Waals surface area contributed by atoms with Gasteiger partial charge in [0.2, 0.25) is 5.91 Å². The maximum absolute atomic E-state index is 13.2. The Morgan fingerprint density at radius 1 is 1.00 bits per heavy atom. The number of halogens is 1. The Kier molecular flexibility index (Phi) is 7.25. The first-order chi connectivity index (χ1) is 18.2. The Balaban J connectivity index is 1.20. The summed E-state index contributed by atoms with van der Waals surface area (Å²) in [6.45, 7) is 1.30. The third-order valence-electron chi connectivity index (χ3n) is 6.70. The van der Waals surface area contributed by atoms with Gasteiger partial charge in [-0.05, 0) is 35.4 Å². The molecule has 0 spiro atoms. The minimum Gasteiger partial charge on any atom is -0.355 e. The molecule has 10 heteroatoms. The predicted molar refractivity (Wildman–Crippen MR) is 149 cm³/mol. The van der Waals surface area contributed by atoms with Crippen molar-refractivity contribution in [1.29, 1.82) is 5.41 Å². The van der Waals surface area contributed by atoms with Crippen LogP contribution < -0.4 is 0 Å². The van der Waals surface area contributed by atoms with E-state index >= 15 is 0 Å². The lowest BCUT2D eigenvalue weighted by Crippen LogP contribution is -2.51. The van der Waals surface area contributed by atoms with Gasteiger partial charge in [-0.25, -0.2) is 8.42 Å². The third-order valence-corrected chi connectivity index (χ3v) is 8.71. The highest BCUT2D eigenvalue weighted by Crippen LogP contribution is 2.25. The zero-order valence-corrected chi connectivity index (χ0v) is 22.5. The van der Waals surface area contributed by atoms with E-state index in [-0.39, 0.29) is 24.0 Å². The molecule has 1 aromatic heterocycles. The van der Waals surface area contributed by atoms with E-state index in [1.165, 1.54) is 4.31 Å². The number of hydrogen-bond donors (Lipinski definition) is 2. The number of carbonyl (C=O) groups is 1. The molecule has 1 fully saturated rings. The lowest BCUT2D eigenvalue weighted by Gasteiger charge is -2.33. The van der Waals surface area contributed by atoms with Crippen molar-refractivity contribution in [1.82, 2.24) is 19.1 Å². The molecule has 2 heterocycles. The summed E-state index contributed by atoms with van der Waals surface area (Å²) in [5.74, 6) is 0.160. The second-order valence-corrected chi connectivity index (χ2v) is 11.7. The second-order valence-electron chi connectivity index (χ2n) is 9.41. The monoisotopic (exact) mass is 549 g/mol. The summed E-state index contributed by atoms with van der Waals surface area (Å²) in [7, 11) is -1.96. The number of aromatic amines is 1. The number of fused-ring (bicyclic) bond motifs is 1. The molecule has 0 saturated carbocycles. The summed E-state index contributed by atoms with van der Waals surface area (Å²) in [5.41, 5.74) is 3.50. The van der Waals surface area contributed by atoms with E-state index in [1.807, 2.05) is 66.5 Å². The zero-order valence-electron chi connectivity index (χ0n) is 20.9. The van der Waals surface area contributed by atoms with E-state index in [0.29, 0.717) is 41.4 Å². The lowest BCUT2D eigenvalue weighted by atomic mass is 10.1. The van der Waals surface area contributed by atoms with Crippen LogP contribution in [0.4, 0.5) is 0 Å². The number of amides is 1. The van der Waals surface area contributed by atoms with Gasteiger partial charge in [0.25, 0.3) is 10.0 Å². The first-order valence-electron chi connectivity index (χ1n) is 12.2. The SMILES string of the molecule is CN(Cc1ccccc1)C(=N)c1ccc(CN2CCN(S(=O)(=O)c3cc4cc(Cl)ccc4[nH]3)CC2=O)cc1. The molecule has 0 bridgehead atoms. The maximum Gasteiger partial charge on any atom is 0.259 e. The topological polar surface area (TPSA) is 101 Å². The fraction of sp³-hybridized carbons (Fsp3) is 0.214. The van der Waals surface area contributed by atoms with E-state index < -0.39 is 10.0 Å². The van der Waals surface area contributed by atoms with Gasteiger partial charge in [0, 0.05) is 54.7 Å². The van der Waals surface area contributed by atoms with Crippen LogP contribution in [0.2, 0.25) is 5.02 Å². The Labute approximate surface area is 227 Å². The molecule has 4 aromatic rings. The van der Waals surface area contributed by atoms with Crippen LogP contribution in [0.3, 0.4) is 0 Å². The Morgan fingerprint density at radius 3 is 2.45 bits per heavy atom. The molecule has 8 nitrogen and oxygen atoms in total. The second kappa shape index (κ2) is 10.6. The van der Waals surface area contributed by atoms with Gasteiger partial charge in [-0.1, -0.05) is 66.2 Å². The van der Waals surface area contributed by atoms with Gasteiger partial charge in [-0.3, -0.25) is 10.2 Å². The van der Waals surface area contributed by atoms with Crippen LogP contribution in [-0.2, 0) is 27.9 Å². The number of hydrogen-bond acceptors (Lipinski definition) is 4. The average Bonchev–Trinajstić information content (AvgIpc) is 3.34. The zero-order chi connectivity index (χ0) is 26.9. The minimum atomic E-state index is -3.85. The quantitative estimate of drug-likeness (QED) is 0.265. The normalized spacial score (nSPS) is 14.7. The van der Waals surface area contributed by atoms with E-state index in [2.05, 4.69) is 4.98 Å². The van der Waals surface area contributed by atoms with Gasteiger partial charge in [0.05, 0.1) is 6.54 Å². The van der Waals surface area contributed by atoms with Crippen LogP contribution in [0.5, 0.6) is 0 Å². The van der Waals surface area contributed by atoms with Crippen LogP contribution in [0.1, 0.15) is 16.7 Å². The third kappa shape index (κ3) is 5.45. The number of nitrogens with one attached hydrogen (secondary N) is 2. The van der Waals surface area contributed by atoms with Gasteiger partial charge in [-0.15, -0.1) is 0 Å². The van der Waals surface area contributed by atoms with E-state index in [9.17, 15) is 13.2 Å². The molecule has 196 valence electrons. The van der Waals surface area contributed by atoms with Gasteiger partial charge in [0.15, 0.2) is 0 Å². The highest BCUT2D eigenvalue weighted by molar-refractivity contribution is 7.89. The molecule has 1 amide bonds. The fourth-order valence-corrected chi connectivity index (χ4v) is 6.14. The molecule has 0 aliphatic carbocycles. The van der Waals surface area contributed by atoms with E-state index in [4.69, 9.17) is 17.0 Å². The van der Waals surface area contributed by atoms with Crippen molar-refractivity contribution < 1.29 is 13.2 Å². The Hall–Kier alpha value is -3.66. The number of rotatable bonds is 7. The molecule has 1 aliphatic heterocycles. The van der Waals surface area contributed by atoms with Crippen molar-refractivity contribution in [3.63, 3.8) is 0 Å². The summed E-state index contributed by atoms with van der Waals surface area (Å²) in [4.78, 5) is 19.4. The number of aromatic nitrogens is 1. The number of H-pyrrole nitrogens is 1. The van der Waals surface area contributed by atoms with Gasteiger partial charge in [0.1, 0.15) is 10.9 Å². The number of nitrogens with zero attached hydrogens (tertiary/aromatic N) is 3. The molecule has 0 atom stereocenters. The molecule has 0 unspecified atom stereocenters. The van der Waals surface area contributed by atoms with Crippen LogP contribution in [-0.4, -0.2) is 65.9 Å². The molecule has 1 aliphatic rings. The van der Waals surface area contributed by atoms with Crippen LogP contribution in [0.25, 0.3) is 10.9 Å². The molecule has 0 radical (unpaired) electrons. The minimum absolute atomic E-state index is 0.0475. The number of carbonyl (C=O) groups excluding carboxylic acids is 1. The lowest BCUT2D eigenvalue weighted by molar-refractivity contribution is -0.134. The predicted octanol–water partition coefficient (Wildman–Crippen LogP) is 4.31.